The first-order valence-corrected chi connectivity index (χ1v) is 9.83. The van der Waals surface area contributed by atoms with Crippen LogP contribution >= 0.6 is 23.2 Å². The van der Waals surface area contributed by atoms with Gasteiger partial charge < -0.3 is 5.32 Å². The Morgan fingerprint density at radius 3 is 2.36 bits per heavy atom. The van der Waals surface area contributed by atoms with Gasteiger partial charge in [0.15, 0.2) is 0 Å². The third kappa shape index (κ3) is 3.92. The molecule has 0 unspecified atom stereocenters. The molecule has 2 aromatic rings. The highest BCUT2D eigenvalue weighted by atomic mass is 35.5. The van der Waals surface area contributed by atoms with Gasteiger partial charge in [0.05, 0.1) is 10.7 Å². The summed E-state index contributed by atoms with van der Waals surface area (Å²) in [5.74, 6) is -0.301. The summed E-state index contributed by atoms with van der Waals surface area (Å²) in [6.07, 6.45) is 1.90. The smallest absolute Gasteiger partial charge is 0.265 e. The average Bonchev–Trinajstić information content (AvgIpc) is 3.39. The van der Waals surface area contributed by atoms with Crippen molar-refractivity contribution in [1.82, 2.24) is 5.32 Å². The second-order valence-corrected chi connectivity index (χ2v) is 8.62. The first kappa shape index (κ1) is 18.0. The van der Waals surface area contributed by atoms with E-state index in [1.165, 1.54) is 25.2 Å². The van der Waals surface area contributed by atoms with Crippen LogP contribution in [-0.2, 0) is 10.0 Å². The number of rotatable bonds is 5. The fourth-order valence-corrected chi connectivity index (χ4v) is 4.10. The zero-order valence-corrected chi connectivity index (χ0v) is 15.7. The number of carbonyl (C=O) groups is 1. The molecule has 2 aromatic carbocycles. The summed E-state index contributed by atoms with van der Waals surface area (Å²) in [5.41, 5.74) is 0.702. The summed E-state index contributed by atoms with van der Waals surface area (Å²) >= 11 is 11.9. The summed E-state index contributed by atoms with van der Waals surface area (Å²) in [7, 11) is -2.50. The van der Waals surface area contributed by atoms with Crippen LogP contribution in [0, 0.1) is 0 Å². The van der Waals surface area contributed by atoms with E-state index in [9.17, 15) is 13.2 Å². The van der Waals surface area contributed by atoms with Gasteiger partial charge >= 0.3 is 0 Å². The summed E-state index contributed by atoms with van der Waals surface area (Å²) in [6.45, 7) is 0. The minimum absolute atomic E-state index is 0.0591. The van der Waals surface area contributed by atoms with E-state index in [-0.39, 0.29) is 27.4 Å². The standard InChI is InChI=1S/C17H16Cl2N2O3S/c1-21(14-7-3-12(18)4-8-14)25(23,24)16-10-11(2-9-15(16)19)17(22)20-13-5-6-13/h2-4,7-10,13H,5-6H2,1H3,(H,20,22). The highest BCUT2D eigenvalue weighted by molar-refractivity contribution is 7.93. The molecular weight excluding hydrogens is 383 g/mol. The molecule has 0 radical (unpaired) electrons. The van der Waals surface area contributed by atoms with Crippen LogP contribution in [0.1, 0.15) is 23.2 Å². The molecule has 0 spiro atoms. The zero-order valence-electron chi connectivity index (χ0n) is 13.4. The van der Waals surface area contributed by atoms with E-state index >= 15 is 0 Å². The van der Waals surface area contributed by atoms with Crippen LogP contribution in [0.15, 0.2) is 47.4 Å². The van der Waals surface area contributed by atoms with Crippen LogP contribution in [0.4, 0.5) is 5.69 Å². The largest absolute Gasteiger partial charge is 0.349 e. The topological polar surface area (TPSA) is 66.5 Å². The van der Waals surface area contributed by atoms with Crippen molar-refractivity contribution in [2.24, 2.45) is 0 Å². The molecule has 0 aromatic heterocycles. The maximum absolute atomic E-state index is 12.9. The van der Waals surface area contributed by atoms with E-state index in [1.807, 2.05) is 0 Å². The molecule has 1 fully saturated rings. The monoisotopic (exact) mass is 398 g/mol. The normalized spacial score (nSPS) is 14.2. The molecule has 25 heavy (non-hydrogen) atoms. The molecule has 0 atom stereocenters. The van der Waals surface area contributed by atoms with E-state index in [4.69, 9.17) is 23.2 Å². The van der Waals surface area contributed by atoms with Gasteiger partial charge in [-0.3, -0.25) is 9.10 Å². The Hall–Kier alpha value is -1.76. The summed E-state index contributed by atoms with van der Waals surface area (Å²) in [5, 5.41) is 3.40. The number of anilines is 1. The number of nitrogens with one attached hydrogen (secondary N) is 1. The number of benzene rings is 2. The summed E-state index contributed by atoms with van der Waals surface area (Å²) < 4.78 is 27.0. The third-order valence-corrected chi connectivity index (χ3v) is 6.45. The van der Waals surface area contributed by atoms with Crippen LogP contribution < -0.4 is 9.62 Å². The highest BCUT2D eigenvalue weighted by Crippen LogP contribution is 2.29. The maximum Gasteiger partial charge on any atom is 0.265 e. The van der Waals surface area contributed by atoms with Crippen molar-refractivity contribution in [3.8, 4) is 0 Å². The Labute approximate surface area is 156 Å². The number of nitrogens with zero attached hydrogens (tertiary/aromatic N) is 1. The second kappa shape index (κ2) is 6.86. The van der Waals surface area contributed by atoms with Crippen molar-refractivity contribution in [2.45, 2.75) is 23.8 Å². The van der Waals surface area contributed by atoms with E-state index in [0.29, 0.717) is 10.7 Å². The van der Waals surface area contributed by atoms with E-state index in [1.54, 1.807) is 24.3 Å². The lowest BCUT2D eigenvalue weighted by molar-refractivity contribution is 0.0951. The first-order chi connectivity index (χ1) is 11.8. The highest BCUT2D eigenvalue weighted by Gasteiger charge is 2.27. The van der Waals surface area contributed by atoms with Crippen molar-refractivity contribution < 1.29 is 13.2 Å². The van der Waals surface area contributed by atoms with Gasteiger partial charge in [-0.2, -0.15) is 0 Å². The molecule has 8 heteroatoms. The van der Waals surface area contributed by atoms with Crippen LogP contribution in [0.3, 0.4) is 0 Å². The third-order valence-electron chi connectivity index (χ3n) is 3.93. The lowest BCUT2D eigenvalue weighted by atomic mass is 10.2. The second-order valence-electron chi connectivity index (χ2n) is 5.84. The fourth-order valence-electron chi connectivity index (χ4n) is 2.28. The maximum atomic E-state index is 12.9. The Kier molecular flexibility index (Phi) is 4.95. The number of sulfonamides is 1. The van der Waals surface area contributed by atoms with Crippen molar-refractivity contribution in [3.05, 3.63) is 58.1 Å². The van der Waals surface area contributed by atoms with Gasteiger partial charge in [-0.05, 0) is 55.3 Å². The molecule has 5 nitrogen and oxygen atoms in total. The number of halogens is 2. The van der Waals surface area contributed by atoms with E-state index < -0.39 is 10.0 Å². The van der Waals surface area contributed by atoms with Gasteiger partial charge in [-0.25, -0.2) is 8.42 Å². The predicted octanol–water partition coefficient (Wildman–Crippen LogP) is 3.71. The molecule has 0 saturated heterocycles. The molecule has 0 bridgehead atoms. The Morgan fingerprint density at radius 1 is 1.12 bits per heavy atom. The molecule has 1 aliphatic rings. The summed E-state index contributed by atoms with van der Waals surface area (Å²) in [4.78, 5) is 12.1. The number of amides is 1. The van der Waals surface area contributed by atoms with Gasteiger partial charge in [0.1, 0.15) is 4.90 Å². The fraction of sp³-hybridized carbons (Fsp3) is 0.235. The van der Waals surface area contributed by atoms with Gasteiger partial charge in [-0.1, -0.05) is 23.2 Å². The molecule has 0 heterocycles. The van der Waals surface area contributed by atoms with Crippen LogP contribution in [-0.4, -0.2) is 27.4 Å². The Balaban J connectivity index is 1.95. The first-order valence-electron chi connectivity index (χ1n) is 7.64. The minimum atomic E-state index is -3.93. The van der Waals surface area contributed by atoms with E-state index in [2.05, 4.69) is 5.32 Å². The Bertz CT molecular complexity index is 910. The van der Waals surface area contributed by atoms with Crippen molar-refractivity contribution in [1.29, 1.82) is 0 Å². The number of hydrogen-bond acceptors (Lipinski definition) is 3. The lowest BCUT2D eigenvalue weighted by Gasteiger charge is -2.20. The van der Waals surface area contributed by atoms with Crippen LogP contribution in [0.25, 0.3) is 0 Å². The Morgan fingerprint density at radius 2 is 1.76 bits per heavy atom. The van der Waals surface area contributed by atoms with Gasteiger partial charge in [0.2, 0.25) is 0 Å². The summed E-state index contributed by atoms with van der Waals surface area (Å²) in [6, 6.07) is 10.8. The van der Waals surface area contributed by atoms with Crippen molar-refractivity contribution in [2.75, 3.05) is 11.4 Å². The molecule has 1 aliphatic carbocycles. The van der Waals surface area contributed by atoms with Crippen molar-refractivity contribution in [3.63, 3.8) is 0 Å². The molecule has 0 aliphatic heterocycles. The van der Waals surface area contributed by atoms with Gasteiger partial charge in [-0.15, -0.1) is 0 Å². The molecule has 3 rings (SSSR count). The van der Waals surface area contributed by atoms with Gasteiger partial charge in [0, 0.05) is 23.7 Å². The zero-order chi connectivity index (χ0) is 18.2. The van der Waals surface area contributed by atoms with Crippen LogP contribution in [0.2, 0.25) is 10.0 Å². The SMILES string of the molecule is CN(c1ccc(Cl)cc1)S(=O)(=O)c1cc(C(=O)NC2CC2)ccc1Cl. The van der Waals surface area contributed by atoms with Crippen LogP contribution in [0.5, 0.6) is 0 Å². The molecular formula is C17H16Cl2N2O3S. The molecule has 1 N–H and O–H groups in total. The number of hydrogen-bond donors (Lipinski definition) is 1. The molecule has 1 amide bonds. The molecule has 132 valence electrons. The quantitative estimate of drug-likeness (QED) is 0.834. The van der Waals surface area contributed by atoms with Crippen molar-refractivity contribution >= 4 is 44.8 Å². The predicted molar refractivity (Wildman–Crippen MR) is 99.0 cm³/mol. The molecule has 1 saturated carbocycles. The number of carbonyl (C=O) groups excluding carboxylic acids is 1. The average molecular weight is 399 g/mol. The van der Waals surface area contributed by atoms with E-state index in [0.717, 1.165) is 17.1 Å². The minimum Gasteiger partial charge on any atom is -0.349 e. The van der Waals surface area contributed by atoms with Gasteiger partial charge in [0.25, 0.3) is 15.9 Å². The lowest BCUT2D eigenvalue weighted by Crippen LogP contribution is -2.28.